The SMILES string of the molecule is Cc1ccccc1S(=O)(=O)N1CCN(C(=O)c2ccco2)CC1. The van der Waals surface area contributed by atoms with Crippen LogP contribution in [0, 0.1) is 6.92 Å². The maximum absolute atomic E-state index is 12.7. The lowest BCUT2D eigenvalue weighted by Crippen LogP contribution is -2.50. The van der Waals surface area contributed by atoms with Gasteiger partial charge in [0.15, 0.2) is 5.76 Å². The first kappa shape index (κ1) is 15.8. The Bertz CT molecular complexity index is 791. The zero-order valence-corrected chi connectivity index (χ0v) is 13.6. The molecule has 0 atom stereocenters. The van der Waals surface area contributed by atoms with Gasteiger partial charge in [0.1, 0.15) is 0 Å². The first-order chi connectivity index (χ1) is 11.0. The van der Waals surface area contributed by atoms with Crippen molar-refractivity contribution in [2.24, 2.45) is 0 Å². The monoisotopic (exact) mass is 334 g/mol. The van der Waals surface area contributed by atoms with Gasteiger partial charge in [-0.05, 0) is 30.7 Å². The summed E-state index contributed by atoms with van der Waals surface area (Å²) in [5.74, 6) is 0.0724. The van der Waals surface area contributed by atoms with Crippen LogP contribution in [0.5, 0.6) is 0 Å². The number of aryl methyl sites for hydroxylation is 1. The molecule has 1 amide bonds. The van der Waals surface area contributed by atoms with Crippen molar-refractivity contribution < 1.29 is 17.6 Å². The van der Waals surface area contributed by atoms with Crippen LogP contribution in [0.3, 0.4) is 0 Å². The summed E-state index contributed by atoms with van der Waals surface area (Å²) in [6.07, 6.45) is 1.45. The number of carbonyl (C=O) groups is 1. The molecule has 6 nitrogen and oxygen atoms in total. The molecule has 0 radical (unpaired) electrons. The van der Waals surface area contributed by atoms with E-state index in [9.17, 15) is 13.2 Å². The quantitative estimate of drug-likeness (QED) is 0.857. The maximum Gasteiger partial charge on any atom is 0.289 e. The molecule has 122 valence electrons. The van der Waals surface area contributed by atoms with Gasteiger partial charge in [0.2, 0.25) is 10.0 Å². The van der Waals surface area contributed by atoms with Crippen LogP contribution in [-0.2, 0) is 10.0 Å². The highest BCUT2D eigenvalue weighted by molar-refractivity contribution is 7.89. The molecule has 1 aliphatic heterocycles. The molecular formula is C16H18N2O4S. The fourth-order valence-corrected chi connectivity index (χ4v) is 4.32. The predicted octanol–water partition coefficient (Wildman–Crippen LogP) is 1.73. The van der Waals surface area contributed by atoms with Crippen LogP contribution in [0.15, 0.2) is 52.0 Å². The van der Waals surface area contributed by atoms with E-state index in [1.54, 1.807) is 42.2 Å². The Balaban J connectivity index is 1.72. The molecule has 0 bridgehead atoms. The van der Waals surface area contributed by atoms with E-state index in [4.69, 9.17) is 4.42 Å². The van der Waals surface area contributed by atoms with Gasteiger partial charge in [0, 0.05) is 26.2 Å². The highest BCUT2D eigenvalue weighted by Crippen LogP contribution is 2.21. The maximum atomic E-state index is 12.7. The Morgan fingerprint density at radius 1 is 1.04 bits per heavy atom. The third kappa shape index (κ3) is 3.02. The van der Waals surface area contributed by atoms with Gasteiger partial charge in [-0.2, -0.15) is 4.31 Å². The molecule has 23 heavy (non-hydrogen) atoms. The standard InChI is InChI=1S/C16H18N2O4S/c1-13-5-2-3-7-15(13)23(20,21)18-10-8-17(9-11-18)16(19)14-6-4-12-22-14/h2-7,12H,8-11H2,1H3. The average Bonchev–Trinajstić information content (AvgIpc) is 3.09. The normalized spacial score (nSPS) is 16.5. The number of nitrogens with zero attached hydrogens (tertiary/aromatic N) is 2. The molecule has 7 heteroatoms. The molecule has 1 fully saturated rings. The van der Waals surface area contributed by atoms with Gasteiger partial charge in [-0.1, -0.05) is 18.2 Å². The summed E-state index contributed by atoms with van der Waals surface area (Å²) in [7, 11) is -3.52. The molecule has 0 unspecified atom stereocenters. The van der Waals surface area contributed by atoms with E-state index >= 15 is 0 Å². The number of carbonyl (C=O) groups excluding carboxylic acids is 1. The molecule has 1 aliphatic rings. The summed E-state index contributed by atoms with van der Waals surface area (Å²) < 4.78 is 32.0. The zero-order valence-electron chi connectivity index (χ0n) is 12.8. The third-order valence-electron chi connectivity index (χ3n) is 3.97. The Morgan fingerprint density at radius 2 is 1.74 bits per heavy atom. The number of hydrogen-bond donors (Lipinski definition) is 0. The van der Waals surface area contributed by atoms with Crippen LogP contribution < -0.4 is 0 Å². The van der Waals surface area contributed by atoms with E-state index in [-0.39, 0.29) is 24.8 Å². The summed E-state index contributed by atoms with van der Waals surface area (Å²) in [4.78, 5) is 14.1. The highest BCUT2D eigenvalue weighted by Gasteiger charge is 2.31. The van der Waals surface area contributed by atoms with Crippen LogP contribution in [0.2, 0.25) is 0 Å². The first-order valence-electron chi connectivity index (χ1n) is 7.39. The van der Waals surface area contributed by atoms with Crippen LogP contribution in [-0.4, -0.2) is 49.7 Å². The molecule has 0 saturated carbocycles. The molecule has 1 saturated heterocycles. The van der Waals surface area contributed by atoms with Gasteiger partial charge in [-0.3, -0.25) is 4.79 Å². The number of piperazine rings is 1. The van der Waals surface area contributed by atoms with Crippen molar-refractivity contribution in [1.82, 2.24) is 9.21 Å². The van der Waals surface area contributed by atoms with Gasteiger partial charge in [-0.15, -0.1) is 0 Å². The second-order valence-corrected chi connectivity index (χ2v) is 7.35. The van der Waals surface area contributed by atoms with E-state index in [2.05, 4.69) is 0 Å². The van der Waals surface area contributed by atoms with Crippen molar-refractivity contribution >= 4 is 15.9 Å². The van der Waals surface area contributed by atoms with Crippen LogP contribution in [0.25, 0.3) is 0 Å². The second kappa shape index (κ2) is 6.17. The van der Waals surface area contributed by atoms with Crippen LogP contribution >= 0.6 is 0 Å². The number of amides is 1. The Morgan fingerprint density at radius 3 is 2.35 bits per heavy atom. The van der Waals surface area contributed by atoms with Crippen molar-refractivity contribution in [3.63, 3.8) is 0 Å². The van der Waals surface area contributed by atoms with Crippen molar-refractivity contribution in [1.29, 1.82) is 0 Å². The number of furan rings is 1. The van der Waals surface area contributed by atoms with E-state index in [0.29, 0.717) is 18.0 Å². The number of benzene rings is 1. The average molecular weight is 334 g/mol. The van der Waals surface area contributed by atoms with Crippen molar-refractivity contribution in [2.45, 2.75) is 11.8 Å². The molecule has 3 rings (SSSR count). The first-order valence-corrected chi connectivity index (χ1v) is 8.83. The Hall–Kier alpha value is -2.12. The van der Waals surface area contributed by atoms with Gasteiger partial charge < -0.3 is 9.32 Å². The topological polar surface area (TPSA) is 70.8 Å². The smallest absolute Gasteiger partial charge is 0.289 e. The van der Waals surface area contributed by atoms with Crippen molar-refractivity contribution in [3.05, 3.63) is 54.0 Å². The molecule has 0 spiro atoms. The zero-order chi connectivity index (χ0) is 16.4. The molecule has 2 aromatic rings. The fourth-order valence-electron chi connectivity index (χ4n) is 2.67. The highest BCUT2D eigenvalue weighted by atomic mass is 32.2. The van der Waals surface area contributed by atoms with E-state index < -0.39 is 10.0 Å². The summed E-state index contributed by atoms with van der Waals surface area (Å²) >= 11 is 0. The number of hydrogen-bond acceptors (Lipinski definition) is 4. The van der Waals surface area contributed by atoms with Gasteiger partial charge in [-0.25, -0.2) is 8.42 Å². The molecule has 2 heterocycles. The minimum Gasteiger partial charge on any atom is -0.459 e. The fraction of sp³-hybridized carbons (Fsp3) is 0.312. The molecule has 1 aromatic carbocycles. The molecule has 0 N–H and O–H groups in total. The summed E-state index contributed by atoms with van der Waals surface area (Å²) in [5.41, 5.74) is 0.724. The Labute approximate surface area is 135 Å². The summed E-state index contributed by atoms with van der Waals surface area (Å²) in [6, 6.07) is 10.2. The second-order valence-electron chi connectivity index (χ2n) is 5.44. The number of rotatable bonds is 3. The van der Waals surface area contributed by atoms with E-state index in [1.807, 2.05) is 6.07 Å². The van der Waals surface area contributed by atoms with Gasteiger partial charge in [0.05, 0.1) is 11.2 Å². The van der Waals surface area contributed by atoms with E-state index in [1.165, 1.54) is 10.6 Å². The molecule has 1 aromatic heterocycles. The van der Waals surface area contributed by atoms with Crippen LogP contribution in [0.4, 0.5) is 0 Å². The lowest BCUT2D eigenvalue weighted by molar-refractivity contribution is 0.0666. The summed E-state index contributed by atoms with van der Waals surface area (Å²) in [5, 5.41) is 0. The minimum absolute atomic E-state index is 0.206. The van der Waals surface area contributed by atoms with E-state index in [0.717, 1.165) is 5.56 Å². The predicted molar refractivity (Wildman–Crippen MR) is 84.5 cm³/mol. The minimum atomic E-state index is -3.52. The summed E-state index contributed by atoms with van der Waals surface area (Å²) in [6.45, 7) is 3.05. The lowest BCUT2D eigenvalue weighted by atomic mass is 10.2. The Kier molecular flexibility index (Phi) is 4.23. The lowest BCUT2D eigenvalue weighted by Gasteiger charge is -2.33. The third-order valence-corrected chi connectivity index (χ3v) is 6.03. The largest absolute Gasteiger partial charge is 0.459 e. The van der Waals surface area contributed by atoms with Gasteiger partial charge in [0.25, 0.3) is 5.91 Å². The van der Waals surface area contributed by atoms with Gasteiger partial charge >= 0.3 is 0 Å². The number of sulfonamides is 1. The van der Waals surface area contributed by atoms with Crippen LogP contribution in [0.1, 0.15) is 16.1 Å². The molecular weight excluding hydrogens is 316 g/mol. The van der Waals surface area contributed by atoms with Crippen molar-refractivity contribution in [3.8, 4) is 0 Å². The molecule has 0 aliphatic carbocycles. The van der Waals surface area contributed by atoms with Crippen molar-refractivity contribution in [2.75, 3.05) is 26.2 Å².